The molecule has 0 aromatic carbocycles. The Bertz CT molecular complexity index is 1180. The molecule has 4 heterocycles. The number of anilines is 2. The SMILES string of the molecule is Cc1cnc(Nc2ccnn2C)nc1-c1coc(C(=O)NCCc2cnnn2C)n1. The van der Waals surface area contributed by atoms with Crippen molar-refractivity contribution in [3.05, 3.63) is 48.1 Å². The van der Waals surface area contributed by atoms with E-state index in [2.05, 4.69) is 41.0 Å². The van der Waals surface area contributed by atoms with Crippen LogP contribution in [0.3, 0.4) is 0 Å². The van der Waals surface area contributed by atoms with Gasteiger partial charge in [-0.2, -0.15) is 5.10 Å². The molecule has 0 aliphatic heterocycles. The normalized spacial score (nSPS) is 10.9. The van der Waals surface area contributed by atoms with Crippen molar-refractivity contribution < 1.29 is 9.21 Å². The molecule has 12 heteroatoms. The molecule has 0 fully saturated rings. The molecule has 0 atom stereocenters. The summed E-state index contributed by atoms with van der Waals surface area (Å²) in [6.45, 7) is 2.27. The molecule has 0 bridgehead atoms. The van der Waals surface area contributed by atoms with Crippen LogP contribution in [-0.4, -0.2) is 52.2 Å². The first-order valence-electron chi connectivity index (χ1n) is 9.17. The third-order valence-electron chi connectivity index (χ3n) is 4.45. The van der Waals surface area contributed by atoms with Gasteiger partial charge in [0.25, 0.3) is 5.89 Å². The zero-order valence-electron chi connectivity index (χ0n) is 16.7. The predicted octanol–water partition coefficient (Wildman–Crippen LogP) is 1.02. The third kappa shape index (κ3) is 4.01. The molecule has 0 aliphatic carbocycles. The maximum Gasteiger partial charge on any atom is 0.307 e. The van der Waals surface area contributed by atoms with Gasteiger partial charge >= 0.3 is 5.91 Å². The number of oxazole rings is 1. The van der Waals surface area contributed by atoms with Gasteiger partial charge in [-0.1, -0.05) is 5.21 Å². The van der Waals surface area contributed by atoms with Crippen molar-refractivity contribution in [2.75, 3.05) is 11.9 Å². The first-order valence-corrected chi connectivity index (χ1v) is 9.17. The second-order valence-electron chi connectivity index (χ2n) is 6.58. The Kier molecular flexibility index (Phi) is 5.20. The summed E-state index contributed by atoms with van der Waals surface area (Å²) in [4.78, 5) is 25.4. The Morgan fingerprint density at radius 3 is 2.80 bits per heavy atom. The van der Waals surface area contributed by atoms with Crippen LogP contribution in [0.15, 0.2) is 35.3 Å². The summed E-state index contributed by atoms with van der Waals surface area (Å²) in [6.07, 6.45) is 7.01. The van der Waals surface area contributed by atoms with Crippen molar-refractivity contribution >= 4 is 17.7 Å². The van der Waals surface area contributed by atoms with Crippen LogP contribution < -0.4 is 10.6 Å². The van der Waals surface area contributed by atoms with Gasteiger partial charge in [-0.15, -0.1) is 5.10 Å². The molecule has 0 unspecified atom stereocenters. The molecular formula is C18H20N10O2. The molecule has 0 radical (unpaired) electrons. The highest BCUT2D eigenvalue weighted by Gasteiger charge is 2.17. The van der Waals surface area contributed by atoms with E-state index in [-0.39, 0.29) is 5.89 Å². The zero-order valence-corrected chi connectivity index (χ0v) is 16.7. The van der Waals surface area contributed by atoms with Gasteiger partial charge in [0.2, 0.25) is 5.95 Å². The molecular weight excluding hydrogens is 388 g/mol. The first-order chi connectivity index (χ1) is 14.5. The Labute approximate surface area is 171 Å². The Hall–Kier alpha value is -4.09. The minimum atomic E-state index is -0.406. The highest BCUT2D eigenvalue weighted by molar-refractivity contribution is 5.90. The Morgan fingerprint density at radius 2 is 2.07 bits per heavy atom. The molecule has 12 nitrogen and oxygen atoms in total. The number of aryl methyl sites for hydroxylation is 3. The van der Waals surface area contributed by atoms with E-state index in [1.54, 1.807) is 35.0 Å². The summed E-state index contributed by atoms with van der Waals surface area (Å²) in [5, 5.41) is 17.6. The van der Waals surface area contributed by atoms with Crippen LogP contribution in [0, 0.1) is 6.92 Å². The summed E-state index contributed by atoms with van der Waals surface area (Å²) < 4.78 is 8.69. The van der Waals surface area contributed by atoms with Crippen molar-refractivity contribution in [1.29, 1.82) is 0 Å². The summed E-state index contributed by atoms with van der Waals surface area (Å²) in [6, 6.07) is 1.81. The first kappa shape index (κ1) is 19.2. The van der Waals surface area contributed by atoms with E-state index in [4.69, 9.17) is 4.42 Å². The molecule has 4 rings (SSSR count). The summed E-state index contributed by atoms with van der Waals surface area (Å²) >= 11 is 0. The molecule has 1 amide bonds. The number of hydrogen-bond donors (Lipinski definition) is 2. The number of amides is 1. The number of carbonyl (C=O) groups excluding carboxylic acids is 1. The smallest absolute Gasteiger partial charge is 0.307 e. The van der Waals surface area contributed by atoms with Crippen LogP contribution in [0.1, 0.15) is 21.9 Å². The number of nitrogens with zero attached hydrogens (tertiary/aromatic N) is 8. The highest BCUT2D eigenvalue weighted by atomic mass is 16.4. The van der Waals surface area contributed by atoms with Gasteiger partial charge in [0.1, 0.15) is 23.5 Å². The van der Waals surface area contributed by atoms with E-state index >= 15 is 0 Å². The number of rotatable bonds is 7. The van der Waals surface area contributed by atoms with Gasteiger partial charge in [-0.25, -0.2) is 15.0 Å². The van der Waals surface area contributed by atoms with Crippen molar-refractivity contribution in [3.63, 3.8) is 0 Å². The average Bonchev–Trinajstić information content (AvgIpc) is 3.46. The standard InChI is InChI=1S/C18H20N10O2/c1-11-8-20-18(24-14-5-7-22-28(14)3)25-15(11)13-10-30-17(23-13)16(29)19-6-4-12-9-21-26-27(12)2/h5,7-10H,4,6H2,1-3H3,(H,19,29)(H,20,24,25). The fourth-order valence-corrected chi connectivity index (χ4v) is 2.78. The molecule has 2 N–H and O–H groups in total. The fraction of sp³-hybridized carbons (Fsp3) is 0.278. The van der Waals surface area contributed by atoms with Crippen LogP contribution in [0.25, 0.3) is 11.4 Å². The van der Waals surface area contributed by atoms with Crippen LogP contribution in [-0.2, 0) is 20.5 Å². The van der Waals surface area contributed by atoms with E-state index in [1.807, 2.05) is 20.0 Å². The number of carbonyl (C=O) groups is 1. The predicted molar refractivity (Wildman–Crippen MR) is 106 cm³/mol. The van der Waals surface area contributed by atoms with E-state index in [9.17, 15) is 4.79 Å². The maximum atomic E-state index is 12.3. The molecule has 30 heavy (non-hydrogen) atoms. The Balaban J connectivity index is 1.45. The summed E-state index contributed by atoms with van der Waals surface area (Å²) in [5.41, 5.74) is 2.73. The highest BCUT2D eigenvalue weighted by Crippen LogP contribution is 2.22. The van der Waals surface area contributed by atoms with E-state index in [0.717, 1.165) is 17.1 Å². The summed E-state index contributed by atoms with van der Waals surface area (Å²) in [5.74, 6) is 0.690. The number of hydrogen-bond acceptors (Lipinski definition) is 9. The maximum absolute atomic E-state index is 12.3. The van der Waals surface area contributed by atoms with Crippen LogP contribution >= 0.6 is 0 Å². The van der Waals surface area contributed by atoms with Crippen LogP contribution in [0.5, 0.6) is 0 Å². The third-order valence-corrected chi connectivity index (χ3v) is 4.45. The van der Waals surface area contributed by atoms with Crippen molar-refractivity contribution in [1.82, 2.24) is 45.0 Å². The van der Waals surface area contributed by atoms with Crippen LogP contribution in [0.4, 0.5) is 11.8 Å². The molecule has 0 spiro atoms. The lowest BCUT2D eigenvalue weighted by Gasteiger charge is -2.07. The monoisotopic (exact) mass is 408 g/mol. The molecule has 0 saturated heterocycles. The second-order valence-corrected chi connectivity index (χ2v) is 6.58. The van der Waals surface area contributed by atoms with Gasteiger partial charge in [-0.3, -0.25) is 14.2 Å². The minimum Gasteiger partial charge on any atom is -0.440 e. The molecule has 4 aromatic heterocycles. The van der Waals surface area contributed by atoms with Gasteiger partial charge < -0.3 is 15.1 Å². The quantitative estimate of drug-likeness (QED) is 0.458. The topological polar surface area (TPSA) is 141 Å². The number of nitrogens with one attached hydrogen (secondary N) is 2. The number of aromatic nitrogens is 8. The second kappa shape index (κ2) is 8.11. The zero-order chi connectivity index (χ0) is 21.1. The Morgan fingerprint density at radius 1 is 1.20 bits per heavy atom. The lowest BCUT2D eigenvalue weighted by atomic mass is 10.2. The van der Waals surface area contributed by atoms with Gasteiger partial charge in [0.15, 0.2) is 0 Å². The van der Waals surface area contributed by atoms with E-state index in [1.165, 1.54) is 6.26 Å². The van der Waals surface area contributed by atoms with Crippen molar-refractivity contribution in [2.24, 2.45) is 14.1 Å². The molecule has 0 saturated carbocycles. The fourth-order valence-electron chi connectivity index (χ4n) is 2.78. The molecule has 154 valence electrons. The van der Waals surface area contributed by atoms with E-state index in [0.29, 0.717) is 30.3 Å². The van der Waals surface area contributed by atoms with Gasteiger partial charge in [0.05, 0.1) is 18.1 Å². The minimum absolute atomic E-state index is 0.0349. The summed E-state index contributed by atoms with van der Waals surface area (Å²) in [7, 11) is 3.61. The van der Waals surface area contributed by atoms with Crippen LogP contribution in [0.2, 0.25) is 0 Å². The van der Waals surface area contributed by atoms with E-state index < -0.39 is 5.91 Å². The lowest BCUT2D eigenvalue weighted by Crippen LogP contribution is -2.26. The molecule has 4 aromatic rings. The van der Waals surface area contributed by atoms with Gasteiger partial charge in [0, 0.05) is 39.3 Å². The average molecular weight is 408 g/mol. The van der Waals surface area contributed by atoms with Crippen molar-refractivity contribution in [3.8, 4) is 11.4 Å². The van der Waals surface area contributed by atoms with Crippen molar-refractivity contribution in [2.45, 2.75) is 13.3 Å². The van der Waals surface area contributed by atoms with Gasteiger partial charge in [-0.05, 0) is 12.5 Å². The molecule has 0 aliphatic rings. The lowest BCUT2D eigenvalue weighted by molar-refractivity contribution is 0.0919. The largest absolute Gasteiger partial charge is 0.440 e.